The summed E-state index contributed by atoms with van der Waals surface area (Å²) in [4.78, 5) is 17.7. The van der Waals surface area contributed by atoms with Crippen LogP contribution < -0.4 is 5.32 Å². The van der Waals surface area contributed by atoms with Gasteiger partial charge in [0, 0.05) is 61.9 Å². The number of carbonyl (C=O) groups excluding carboxylic acids is 1. The van der Waals surface area contributed by atoms with Gasteiger partial charge in [0.25, 0.3) is 5.91 Å². The van der Waals surface area contributed by atoms with Crippen molar-refractivity contribution in [2.75, 3.05) is 26.2 Å². The number of rotatable bonds is 1. The Balaban J connectivity index is 0.00000112. The number of hydrogen-bond acceptors (Lipinski definition) is 3. The molecular weight excluding hydrogens is 201 g/mol. The number of nitrogens with one attached hydrogen (secondary N) is 1. The Hall–Kier alpha value is -0.420. The van der Waals surface area contributed by atoms with Crippen molar-refractivity contribution in [3.8, 4) is 0 Å². The van der Waals surface area contributed by atoms with E-state index in [0.29, 0.717) is 5.69 Å². The maximum Gasteiger partial charge on any atom is 0.272 e. The van der Waals surface area contributed by atoms with Crippen molar-refractivity contribution in [3.05, 3.63) is 30.1 Å². The van der Waals surface area contributed by atoms with E-state index in [9.17, 15) is 4.79 Å². The first-order chi connectivity index (χ1) is 6.88. The van der Waals surface area contributed by atoms with Gasteiger partial charge in [-0.15, -0.1) is 0 Å². The zero-order valence-corrected chi connectivity index (χ0v) is 10.9. The van der Waals surface area contributed by atoms with Crippen LogP contribution in [0, 0.1) is 0 Å². The zero-order valence-electron chi connectivity index (χ0n) is 8.94. The predicted molar refractivity (Wildman–Crippen MR) is 58.8 cm³/mol. The first-order valence-electron chi connectivity index (χ1n) is 4.79. The van der Waals surface area contributed by atoms with Crippen molar-refractivity contribution in [1.82, 2.24) is 15.2 Å². The van der Waals surface area contributed by atoms with E-state index in [4.69, 9.17) is 0 Å². The average Bonchev–Trinajstić information content (AvgIpc) is 2.30. The van der Waals surface area contributed by atoms with Crippen molar-refractivity contribution in [3.63, 3.8) is 0 Å². The Bertz CT molecular complexity index is 312. The van der Waals surface area contributed by atoms with Gasteiger partial charge in [-0.3, -0.25) is 9.78 Å². The van der Waals surface area contributed by atoms with E-state index in [-0.39, 0.29) is 35.5 Å². The van der Waals surface area contributed by atoms with Crippen molar-refractivity contribution in [2.24, 2.45) is 0 Å². The van der Waals surface area contributed by atoms with Gasteiger partial charge in [-0.05, 0) is 12.1 Å². The summed E-state index contributed by atoms with van der Waals surface area (Å²) in [5, 5.41) is 3.21. The summed E-state index contributed by atoms with van der Waals surface area (Å²) in [5.74, 6) is 0.0344. The van der Waals surface area contributed by atoms with E-state index in [1.165, 1.54) is 0 Å². The van der Waals surface area contributed by atoms with Crippen molar-refractivity contribution in [2.45, 2.75) is 0 Å². The maximum atomic E-state index is 11.8. The number of piperazine rings is 1. The Labute approximate surface area is 111 Å². The van der Waals surface area contributed by atoms with Crippen molar-refractivity contribution >= 4 is 35.5 Å². The monoisotopic (exact) mass is 214 g/mol. The minimum Gasteiger partial charge on any atom is -0.335 e. The molecule has 15 heavy (non-hydrogen) atoms. The number of pyridine rings is 1. The van der Waals surface area contributed by atoms with Crippen LogP contribution in [0.4, 0.5) is 0 Å². The molecule has 1 radical (unpaired) electrons. The summed E-state index contributed by atoms with van der Waals surface area (Å²) >= 11 is 0. The molecule has 0 aromatic carbocycles. The number of nitrogens with zero attached hydrogens (tertiary/aromatic N) is 2. The van der Waals surface area contributed by atoms with E-state index in [2.05, 4.69) is 10.3 Å². The van der Waals surface area contributed by atoms with Gasteiger partial charge in [-0.1, -0.05) is 6.07 Å². The van der Waals surface area contributed by atoms with Crippen LogP contribution in [0.1, 0.15) is 10.5 Å². The van der Waals surface area contributed by atoms with Crippen LogP contribution in [-0.4, -0.2) is 71.5 Å². The van der Waals surface area contributed by atoms with Gasteiger partial charge in [0.15, 0.2) is 0 Å². The minimum absolute atomic E-state index is 0. The molecule has 0 spiro atoms. The van der Waals surface area contributed by atoms with E-state index in [0.717, 1.165) is 26.2 Å². The Morgan fingerprint density at radius 2 is 2.07 bits per heavy atom. The van der Waals surface area contributed by atoms with E-state index in [1.54, 1.807) is 12.3 Å². The SMILES string of the molecule is O=C(c1ccccn1)N1CCNCC1.[Na]. The third-order valence-electron chi connectivity index (χ3n) is 2.29. The van der Waals surface area contributed by atoms with Gasteiger partial charge >= 0.3 is 0 Å². The summed E-state index contributed by atoms with van der Waals surface area (Å²) in [5.41, 5.74) is 0.536. The summed E-state index contributed by atoms with van der Waals surface area (Å²) < 4.78 is 0. The molecule has 5 heteroatoms. The molecule has 2 heterocycles. The normalized spacial score (nSPS) is 15.6. The molecule has 0 aliphatic carbocycles. The standard InChI is InChI=1S/C10H13N3O.Na/c14-10(9-3-1-2-4-12-9)13-7-5-11-6-8-13;/h1-4,11H,5-8H2;. The maximum absolute atomic E-state index is 11.8. The number of carbonyl (C=O) groups is 1. The largest absolute Gasteiger partial charge is 0.335 e. The molecule has 1 fully saturated rings. The van der Waals surface area contributed by atoms with Crippen LogP contribution in [0.2, 0.25) is 0 Å². The second kappa shape index (κ2) is 6.23. The van der Waals surface area contributed by atoms with Gasteiger partial charge in [0.1, 0.15) is 5.69 Å². The fourth-order valence-corrected chi connectivity index (χ4v) is 1.52. The molecule has 1 amide bonds. The second-order valence-corrected chi connectivity index (χ2v) is 3.26. The molecule has 0 unspecified atom stereocenters. The molecule has 1 aliphatic heterocycles. The van der Waals surface area contributed by atoms with Crippen LogP contribution in [0.25, 0.3) is 0 Å². The van der Waals surface area contributed by atoms with Crippen LogP contribution in [-0.2, 0) is 0 Å². The quantitative estimate of drug-likeness (QED) is 0.655. The smallest absolute Gasteiger partial charge is 0.272 e. The van der Waals surface area contributed by atoms with Crippen LogP contribution in [0.15, 0.2) is 24.4 Å². The first-order valence-corrected chi connectivity index (χ1v) is 4.79. The summed E-state index contributed by atoms with van der Waals surface area (Å²) in [6, 6.07) is 5.40. The summed E-state index contributed by atoms with van der Waals surface area (Å²) in [6.07, 6.45) is 1.65. The number of hydrogen-bond donors (Lipinski definition) is 1. The molecule has 2 rings (SSSR count). The van der Waals surface area contributed by atoms with Gasteiger partial charge in [-0.2, -0.15) is 0 Å². The molecule has 1 aliphatic rings. The van der Waals surface area contributed by atoms with Gasteiger partial charge in [-0.25, -0.2) is 0 Å². The third kappa shape index (κ3) is 3.28. The fraction of sp³-hybridized carbons (Fsp3) is 0.400. The molecule has 1 N–H and O–H groups in total. The molecule has 1 saturated heterocycles. The fourth-order valence-electron chi connectivity index (χ4n) is 1.52. The zero-order chi connectivity index (χ0) is 9.80. The Kier molecular flexibility index (Phi) is 5.25. The third-order valence-corrected chi connectivity index (χ3v) is 2.29. The van der Waals surface area contributed by atoms with Gasteiger partial charge in [0.05, 0.1) is 0 Å². The van der Waals surface area contributed by atoms with Gasteiger partial charge < -0.3 is 10.2 Å². The molecule has 4 nitrogen and oxygen atoms in total. The van der Waals surface area contributed by atoms with Crippen LogP contribution >= 0.6 is 0 Å². The summed E-state index contributed by atoms with van der Waals surface area (Å²) in [6.45, 7) is 3.29. The molecule has 0 atom stereocenters. The molecule has 0 bridgehead atoms. The summed E-state index contributed by atoms with van der Waals surface area (Å²) in [7, 11) is 0. The van der Waals surface area contributed by atoms with E-state index >= 15 is 0 Å². The first kappa shape index (κ1) is 12.6. The number of aromatic nitrogens is 1. The van der Waals surface area contributed by atoms with Gasteiger partial charge in [0.2, 0.25) is 0 Å². The molecule has 75 valence electrons. The predicted octanol–water partition coefficient (Wildman–Crippen LogP) is -0.254. The molecule has 0 saturated carbocycles. The minimum atomic E-state index is 0. The van der Waals surface area contributed by atoms with E-state index < -0.39 is 0 Å². The van der Waals surface area contributed by atoms with Crippen LogP contribution in [0.5, 0.6) is 0 Å². The van der Waals surface area contributed by atoms with Crippen molar-refractivity contribution in [1.29, 1.82) is 0 Å². The Morgan fingerprint density at radius 3 is 2.67 bits per heavy atom. The Morgan fingerprint density at radius 1 is 1.33 bits per heavy atom. The molecular formula is C10H13N3NaO. The molecule has 1 aromatic heterocycles. The second-order valence-electron chi connectivity index (χ2n) is 3.26. The molecule has 1 aromatic rings. The van der Waals surface area contributed by atoms with Crippen molar-refractivity contribution < 1.29 is 4.79 Å². The average molecular weight is 214 g/mol. The van der Waals surface area contributed by atoms with E-state index in [1.807, 2.05) is 17.0 Å². The topological polar surface area (TPSA) is 45.2 Å². The number of amides is 1. The van der Waals surface area contributed by atoms with Crippen LogP contribution in [0.3, 0.4) is 0 Å².